The van der Waals surface area contributed by atoms with Gasteiger partial charge in [-0.3, -0.25) is 14.6 Å². The lowest BCUT2D eigenvalue weighted by atomic mass is 10.1. The van der Waals surface area contributed by atoms with Crippen molar-refractivity contribution in [2.75, 3.05) is 0 Å². The van der Waals surface area contributed by atoms with E-state index >= 15 is 0 Å². The molecule has 2 saturated carbocycles. The molecule has 0 unspecified atom stereocenters. The Balaban J connectivity index is 1.76. The molecule has 5 nitrogen and oxygen atoms in total. The van der Waals surface area contributed by atoms with Crippen LogP contribution < -0.4 is 0 Å². The molecular weight excluding hydrogens is 268 g/mol. The summed E-state index contributed by atoms with van der Waals surface area (Å²) in [4.78, 5) is 30.1. The molecule has 0 aromatic carbocycles. The van der Waals surface area contributed by atoms with Crippen LogP contribution in [0.5, 0.6) is 0 Å². The maximum atomic E-state index is 12.8. The monoisotopic (exact) mass is 288 g/mol. The number of rotatable bonds is 5. The highest BCUT2D eigenvalue weighted by atomic mass is 16.4. The minimum absolute atomic E-state index is 0.0273. The van der Waals surface area contributed by atoms with Crippen LogP contribution in [0.15, 0.2) is 24.4 Å². The van der Waals surface area contributed by atoms with Crippen LogP contribution in [-0.4, -0.2) is 32.9 Å². The molecule has 21 heavy (non-hydrogen) atoms. The van der Waals surface area contributed by atoms with Gasteiger partial charge >= 0.3 is 5.97 Å². The summed E-state index contributed by atoms with van der Waals surface area (Å²) in [6.07, 6.45) is 3.72. The molecule has 0 saturated heterocycles. The molecule has 2 aliphatic rings. The Morgan fingerprint density at radius 3 is 2.52 bits per heavy atom. The minimum Gasteiger partial charge on any atom is -0.481 e. The minimum atomic E-state index is -0.869. The van der Waals surface area contributed by atoms with E-state index in [9.17, 15) is 14.7 Å². The molecule has 1 heterocycles. The molecule has 1 aromatic rings. The second kappa shape index (κ2) is 4.83. The molecule has 1 aromatic heterocycles. The van der Waals surface area contributed by atoms with Crippen molar-refractivity contribution in [3.05, 3.63) is 30.1 Å². The Bertz CT molecular complexity index is 566. The maximum absolute atomic E-state index is 12.8. The van der Waals surface area contributed by atoms with E-state index in [2.05, 4.69) is 4.98 Å². The largest absolute Gasteiger partial charge is 0.481 e. The van der Waals surface area contributed by atoms with Crippen LogP contribution in [0.4, 0.5) is 0 Å². The number of hydrogen-bond donors (Lipinski definition) is 1. The van der Waals surface area contributed by atoms with Gasteiger partial charge in [0.15, 0.2) is 0 Å². The highest BCUT2D eigenvalue weighted by molar-refractivity contribution is 5.92. The predicted octanol–water partition coefficient (Wildman–Crippen LogP) is 1.93. The van der Waals surface area contributed by atoms with Gasteiger partial charge in [-0.15, -0.1) is 0 Å². The molecule has 1 amide bonds. The number of carbonyl (C=O) groups is 2. The van der Waals surface area contributed by atoms with Gasteiger partial charge in [0, 0.05) is 12.2 Å². The number of aromatic nitrogens is 1. The van der Waals surface area contributed by atoms with E-state index in [4.69, 9.17) is 0 Å². The Kier molecular flexibility index (Phi) is 3.23. The fourth-order valence-corrected chi connectivity index (χ4v) is 3.18. The first-order chi connectivity index (χ1) is 9.93. The van der Waals surface area contributed by atoms with Crippen molar-refractivity contribution in [3.8, 4) is 0 Å². The molecule has 5 heteroatoms. The second-order valence-electron chi connectivity index (χ2n) is 6.63. The number of hydrogen-bond acceptors (Lipinski definition) is 3. The summed E-state index contributed by atoms with van der Waals surface area (Å²) >= 11 is 0. The van der Waals surface area contributed by atoms with Crippen LogP contribution in [0.2, 0.25) is 0 Å². The zero-order valence-corrected chi connectivity index (χ0v) is 12.3. The van der Waals surface area contributed by atoms with E-state index in [1.807, 2.05) is 36.9 Å². The quantitative estimate of drug-likeness (QED) is 0.898. The van der Waals surface area contributed by atoms with Gasteiger partial charge in [0.05, 0.1) is 24.1 Å². The Labute approximate surface area is 124 Å². The first-order valence-corrected chi connectivity index (χ1v) is 7.36. The van der Waals surface area contributed by atoms with Gasteiger partial charge in [0.1, 0.15) is 0 Å². The molecule has 0 spiro atoms. The number of carboxylic acids is 1. The molecule has 2 fully saturated rings. The molecule has 0 bridgehead atoms. The lowest BCUT2D eigenvalue weighted by Crippen LogP contribution is -2.35. The normalized spacial score (nSPS) is 26.2. The number of carbonyl (C=O) groups excluding carboxylic acids is 1. The van der Waals surface area contributed by atoms with Gasteiger partial charge in [-0.2, -0.15) is 0 Å². The fraction of sp³-hybridized carbons (Fsp3) is 0.562. The standard InChI is InChI=1S/C16H20N2O3/c1-16(2)12(13(16)15(20)21)14(19)18(11-6-7-11)9-10-5-3-4-8-17-10/h3-5,8,11-13H,6-7,9H2,1-2H3,(H,20,21)/t12-,13+/m1/s1. The smallest absolute Gasteiger partial charge is 0.307 e. The topological polar surface area (TPSA) is 70.5 Å². The first kappa shape index (κ1) is 14.0. The van der Waals surface area contributed by atoms with E-state index < -0.39 is 23.2 Å². The van der Waals surface area contributed by atoms with Crippen LogP contribution >= 0.6 is 0 Å². The molecule has 112 valence electrons. The van der Waals surface area contributed by atoms with Crippen LogP contribution in [0.1, 0.15) is 32.4 Å². The van der Waals surface area contributed by atoms with Gasteiger partial charge in [-0.05, 0) is 30.4 Å². The summed E-state index contributed by atoms with van der Waals surface area (Å²) < 4.78 is 0. The number of pyridine rings is 1. The Morgan fingerprint density at radius 1 is 1.33 bits per heavy atom. The molecule has 1 N–H and O–H groups in total. The SMILES string of the molecule is CC1(C)[C@H](C(=O)O)[C@@H]1C(=O)N(Cc1ccccn1)C1CC1. The summed E-state index contributed by atoms with van der Waals surface area (Å²) in [5, 5.41) is 9.25. The molecule has 2 atom stereocenters. The Morgan fingerprint density at radius 2 is 2.05 bits per heavy atom. The van der Waals surface area contributed by atoms with Crippen molar-refractivity contribution >= 4 is 11.9 Å². The van der Waals surface area contributed by atoms with E-state index in [-0.39, 0.29) is 11.9 Å². The summed E-state index contributed by atoms with van der Waals surface area (Å²) in [5.41, 5.74) is 0.406. The van der Waals surface area contributed by atoms with Crippen molar-refractivity contribution in [1.29, 1.82) is 0 Å². The van der Waals surface area contributed by atoms with Crippen LogP contribution in [0.25, 0.3) is 0 Å². The van der Waals surface area contributed by atoms with Gasteiger partial charge in [0.25, 0.3) is 0 Å². The third-order valence-corrected chi connectivity index (χ3v) is 4.69. The lowest BCUT2D eigenvalue weighted by molar-refractivity contribution is -0.142. The maximum Gasteiger partial charge on any atom is 0.307 e. The van der Waals surface area contributed by atoms with Gasteiger partial charge in [0.2, 0.25) is 5.91 Å². The highest BCUT2D eigenvalue weighted by Gasteiger charge is 2.67. The van der Waals surface area contributed by atoms with Crippen molar-refractivity contribution in [2.24, 2.45) is 17.3 Å². The van der Waals surface area contributed by atoms with E-state index in [0.717, 1.165) is 18.5 Å². The van der Waals surface area contributed by atoms with Crippen molar-refractivity contribution < 1.29 is 14.7 Å². The zero-order valence-electron chi connectivity index (χ0n) is 12.3. The van der Waals surface area contributed by atoms with Gasteiger partial charge in [-0.1, -0.05) is 19.9 Å². The average molecular weight is 288 g/mol. The number of nitrogens with zero attached hydrogens (tertiary/aromatic N) is 2. The number of amides is 1. The van der Waals surface area contributed by atoms with Crippen molar-refractivity contribution in [1.82, 2.24) is 9.88 Å². The predicted molar refractivity (Wildman–Crippen MR) is 76.2 cm³/mol. The fourth-order valence-electron chi connectivity index (χ4n) is 3.18. The Hall–Kier alpha value is -1.91. The van der Waals surface area contributed by atoms with E-state index in [0.29, 0.717) is 6.54 Å². The molecule has 2 aliphatic carbocycles. The molecule has 0 radical (unpaired) electrons. The zero-order chi connectivity index (χ0) is 15.2. The van der Waals surface area contributed by atoms with Crippen molar-refractivity contribution in [2.45, 2.75) is 39.3 Å². The molecule has 0 aliphatic heterocycles. The van der Waals surface area contributed by atoms with Crippen molar-refractivity contribution in [3.63, 3.8) is 0 Å². The second-order valence-corrected chi connectivity index (χ2v) is 6.63. The molecular formula is C16H20N2O3. The van der Waals surface area contributed by atoms with Gasteiger partial charge in [-0.25, -0.2) is 0 Å². The summed E-state index contributed by atoms with van der Waals surface area (Å²) in [7, 11) is 0. The highest BCUT2D eigenvalue weighted by Crippen LogP contribution is 2.59. The van der Waals surface area contributed by atoms with Crippen LogP contribution in [0, 0.1) is 17.3 Å². The molecule has 3 rings (SSSR count). The van der Waals surface area contributed by atoms with E-state index in [1.54, 1.807) is 6.20 Å². The lowest BCUT2D eigenvalue weighted by Gasteiger charge is -2.23. The summed E-state index contributed by atoms with van der Waals surface area (Å²) in [6, 6.07) is 5.90. The number of carboxylic acid groups (broad SMARTS) is 1. The van der Waals surface area contributed by atoms with Crippen LogP contribution in [-0.2, 0) is 16.1 Å². The third kappa shape index (κ3) is 2.52. The summed E-state index contributed by atoms with van der Waals surface area (Å²) in [6.45, 7) is 4.20. The summed E-state index contributed by atoms with van der Waals surface area (Å²) in [5.74, 6) is -1.86. The average Bonchev–Trinajstić information content (AvgIpc) is 3.32. The third-order valence-electron chi connectivity index (χ3n) is 4.69. The number of aliphatic carboxylic acids is 1. The van der Waals surface area contributed by atoms with Crippen LogP contribution in [0.3, 0.4) is 0 Å². The van der Waals surface area contributed by atoms with E-state index in [1.165, 1.54) is 0 Å². The first-order valence-electron chi connectivity index (χ1n) is 7.36. The van der Waals surface area contributed by atoms with Gasteiger partial charge < -0.3 is 10.0 Å².